The van der Waals surface area contributed by atoms with Crippen molar-refractivity contribution < 1.29 is 9.64 Å². The summed E-state index contributed by atoms with van der Waals surface area (Å²) in [6.45, 7) is 8.28. The van der Waals surface area contributed by atoms with E-state index in [-0.39, 0.29) is 5.60 Å². The van der Waals surface area contributed by atoms with Gasteiger partial charge in [0.1, 0.15) is 5.03 Å². The fourth-order valence-electron chi connectivity index (χ4n) is 2.66. The van der Waals surface area contributed by atoms with E-state index >= 15 is 0 Å². The summed E-state index contributed by atoms with van der Waals surface area (Å²) in [7, 11) is 4.38. The Hall–Kier alpha value is -0.340. The van der Waals surface area contributed by atoms with Gasteiger partial charge >= 0.3 is 0 Å². The summed E-state index contributed by atoms with van der Waals surface area (Å²) in [5, 5.41) is 2.05. The summed E-state index contributed by atoms with van der Waals surface area (Å²) >= 11 is 5.46. The Morgan fingerprint density at radius 1 is 1.25 bits per heavy atom. The molecule has 1 N–H and O–H groups in total. The average Bonchev–Trinajstić information content (AvgIpc) is 2.83. The van der Waals surface area contributed by atoms with Crippen molar-refractivity contribution >= 4 is 45.1 Å². The first-order valence-corrected chi connectivity index (χ1v) is 11.2. The van der Waals surface area contributed by atoms with Crippen LogP contribution in [0.15, 0.2) is 10.2 Å². The lowest BCUT2D eigenvalue weighted by Gasteiger charge is -2.29. The van der Waals surface area contributed by atoms with E-state index < -0.39 is 0 Å². The van der Waals surface area contributed by atoms with Crippen LogP contribution in [0.5, 0.6) is 0 Å². The lowest BCUT2D eigenvalue weighted by molar-refractivity contribution is -0.855. The third kappa shape index (κ3) is 4.07. The van der Waals surface area contributed by atoms with E-state index in [1.165, 1.54) is 20.0 Å². The summed E-state index contributed by atoms with van der Waals surface area (Å²) in [6, 6.07) is 0. The number of aromatic nitrogens is 2. The molecule has 0 spiro atoms. The number of thioether (sulfide) groups is 2. The van der Waals surface area contributed by atoms with Crippen molar-refractivity contribution in [3.05, 3.63) is 10.4 Å². The molecule has 0 saturated heterocycles. The molecule has 0 atom stereocenters. The third-order valence-electron chi connectivity index (χ3n) is 3.97. The van der Waals surface area contributed by atoms with Crippen LogP contribution in [0.25, 0.3) is 10.2 Å². The van der Waals surface area contributed by atoms with Crippen molar-refractivity contribution in [1.82, 2.24) is 9.97 Å². The molecule has 2 aromatic heterocycles. The van der Waals surface area contributed by atoms with Crippen molar-refractivity contribution in [3.63, 3.8) is 0 Å². The maximum atomic E-state index is 6.04. The molecule has 2 aromatic rings. The minimum absolute atomic E-state index is 0.0795. The van der Waals surface area contributed by atoms with Gasteiger partial charge in [-0.2, -0.15) is 0 Å². The number of ether oxygens (including phenoxy) is 1. The summed E-state index contributed by atoms with van der Waals surface area (Å²) < 4.78 is 7.29. The van der Waals surface area contributed by atoms with Crippen molar-refractivity contribution in [2.24, 2.45) is 0 Å². The molecular weight excluding hydrogens is 358 g/mol. The van der Waals surface area contributed by atoms with Crippen LogP contribution in [-0.4, -0.2) is 47.7 Å². The maximum Gasteiger partial charge on any atom is 0.189 e. The summed E-state index contributed by atoms with van der Waals surface area (Å²) in [5.41, 5.74) is 2.33. The molecule has 3 heterocycles. The predicted octanol–water partition coefficient (Wildman–Crippen LogP) is 2.89. The molecule has 132 valence electrons. The van der Waals surface area contributed by atoms with Gasteiger partial charge in [0.15, 0.2) is 5.16 Å². The van der Waals surface area contributed by atoms with Crippen molar-refractivity contribution in [3.8, 4) is 0 Å². The molecule has 0 fully saturated rings. The Morgan fingerprint density at radius 2 is 2.04 bits per heavy atom. The Balaban J connectivity index is 2.00. The van der Waals surface area contributed by atoms with Crippen LogP contribution < -0.4 is 4.90 Å². The van der Waals surface area contributed by atoms with E-state index in [0.717, 1.165) is 40.2 Å². The van der Waals surface area contributed by atoms with E-state index in [2.05, 4.69) is 34.9 Å². The molecule has 0 radical (unpaired) electrons. The minimum Gasteiger partial charge on any atom is -0.370 e. The van der Waals surface area contributed by atoms with Crippen LogP contribution in [0.1, 0.15) is 31.2 Å². The topological polar surface area (TPSA) is 39.5 Å². The first kappa shape index (κ1) is 18.5. The molecule has 4 nitrogen and oxygen atoms in total. The summed E-state index contributed by atoms with van der Waals surface area (Å²) in [6.07, 6.45) is 0.964. The highest BCUT2D eigenvalue weighted by molar-refractivity contribution is 8.00. The zero-order valence-corrected chi connectivity index (χ0v) is 17.5. The van der Waals surface area contributed by atoms with E-state index in [1.807, 2.05) is 23.1 Å². The number of nitrogens with zero attached hydrogens (tertiary/aromatic N) is 2. The number of nitrogens with one attached hydrogen (secondary N) is 1. The van der Waals surface area contributed by atoms with Gasteiger partial charge in [-0.3, -0.25) is 0 Å². The predicted molar refractivity (Wildman–Crippen MR) is 105 cm³/mol. The molecule has 0 aromatic carbocycles. The van der Waals surface area contributed by atoms with Crippen LogP contribution in [0.4, 0.5) is 0 Å². The van der Waals surface area contributed by atoms with Gasteiger partial charge in [0.25, 0.3) is 0 Å². The highest BCUT2D eigenvalue weighted by Crippen LogP contribution is 2.41. The van der Waals surface area contributed by atoms with Crippen LogP contribution in [0.2, 0.25) is 0 Å². The molecule has 24 heavy (non-hydrogen) atoms. The second kappa shape index (κ2) is 7.50. The summed E-state index contributed by atoms with van der Waals surface area (Å²) in [5.74, 6) is 2.07. The van der Waals surface area contributed by atoms with Gasteiger partial charge < -0.3 is 9.64 Å². The smallest absolute Gasteiger partial charge is 0.189 e. The molecule has 0 unspecified atom stereocenters. The number of rotatable bonds is 6. The standard InChI is InChI=1S/C17H25N3OS3/c1-6-22-16-18-13-11-10-21-17(2,3)9-12(11)24-14(13)15(19-16)23-8-7-20(4)5/h6-10H2,1-5H3/p+1. The third-order valence-corrected chi connectivity index (χ3v) is 7.03. The van der Waals surface area contributed by atoms with Crippen LogP contribution in [0.3, 0.4) is 0 Å². The number of hydrogen-bond acceptors (Lipinski definition) is 6. The first-order valence-electron chi connectivity index (χ1n) is 8.40. The second-order valence-electron chi connectivity index (χ2n) is 6.96. The van der Waals surface area contributed by atoms with Crippen LogP contribution in [-0.2, 0) is 17.8 Å². The molecule has 1 aliphatic heterocycles. The van der Waals surface area contributed by atoms with E-state index in [0.29, 0.717) is 6.61 Å². The first-order chi connectivity index (χ1) is 11.4. The molecule has 0 bridgehead atoms. The van der Waals surface area contributed by atoms with E-state index in [1.54, 1.807) is 11.8 Å². The van der Waals surface area contributed by atoms with Gasteiger partial charge in [0.05, 0.1) is 43.1 Å². The van der Waals surface area contributed by atoms with Gasteiger partial charge in [0.2, 0.25) is 0 Å². The van der Waals surface area contributed by atoms with Gasteiger partial charge in [0, 0.05) is 22.6 Å². The number of fused-ring (bicyclic) bond motifs is 3. The Labute approximate surface area is 156 Å². The molecule has 1 aliphatic rings. The van der Waals surface area contributed by atoms with Gasteiger partial charge in [-0.15, -0.1) is 11.3 Å². The number of quaternary nitrogens is 1. The monoisotopic (exact) mass is 384 g/mol. The summed E-state index contributed by atoms with van der Waals surface area (Å²) in [4.78, 5) is 12.6. The van der Waals surface area contributed by atoms with Gasteiger partial charge in [-0.05, 0) is 19.6 Å². The second-order valence-corrected chi connectivity index (χ2v) is 10.4. The minimum atomic E-state index is -0.0795. The molecule has 3 rings (SSSR count). The molecule has 0 saturated carbocycles. The highest BCUT2D eigenvalue weighted by Gasteiger charge is 2.30. The number of hydrogen-bond donors (Lipinski definition) is 1. The number of thiophene rings is 1. The Bertz CT molecular complexity index is 727. The lowest BCUT2D eigenvalue weighted by Crippen LogP contribution is -3.06. The molecule has 7 heteroatoms. The molecule has 0 aliphatic carbocycles. The Kier molecular flexibility index (Phi) is 5.76. The van der Waals surface area contributed by atoms with Crippen molar-refractivity contribution in [2.75, 3.05) is 32.1 Å². The van der Waals surface area contributed by atoms with Crippen molar-refractivity contribution in [1.29, 1.82) is 0 Å². The fraction of sp³-hybridized carbons (Fsp3) is 0.647. The Morgan fingerprint density at radius 3 is 2.75 bits per heavy atom. The lowest BCUT2D eigenvalue weighted by atomic mass is 9.98. The van der Waals surface area contributed by atoms with Gasteiger partial charge in [-0.25, -0.2) is 9.97 Å². The van der Waals surface area contributed by atoms with Gasteiger partial charge in [-0.1, -0.05) is 30.4 Å². The van der Waals surface area contributed by atoms with E-state index in [9.17, 15) is 0 Å². The maximum absolute atomic E-state index is 6.04. The zero-order valence-electron chi connectivity index (χ0n) is 15.1. The SMILES string of the molecule is CCSc1nc(SCC[NH+](C)C)c2sc3c(c2n1)COC(C)(C)C3. The fourth-order valence-corrected chi connectivity index (χ4v) is 6.02. The van der Waals surface area contributed by atoms with Crippen LogP contribution in [0, 0.1) is 0 Å². The largest absolute Gasteiger partial charge is 0.370 e. The quantitative estimate of drug-likeness (QED) is 0.471. The molecule has 0 amide bonds. The van der Waals surface area contributed by atoms with Crippen LogP contribution >= 0.6 is 34.9 Å². The molecular formula is C17H26N3OS3+. The van der Waals surface area contributed by atoms with E-state index in [4.69, 9.17) is 14.7 Å². The normalized spacial score (nSPS) is 16.8. The average molecular weight is 385 g/mol. The highest BCUT2D eigenvalue weighted by atomic mass is 32.2. The zero-order chi connectivity index (χ0) is 17.3. The van der Waals surface area contributed by atoms with Crippen molar-refractivity contribution in [2.45, 2.75) is 49.6 Å².